The lowest BCUT2D eigenvalue weighted by atomic mass is 10.2. The van der Waals surface area contributed by atoms with E-state index < -0.39 is 17.7 Å². The smallest absolute Gasteiger partial charge is 0.356 e. The van der Waals surface area contributed by atoms with Crippen molar-refractivity contribution in [3.8, 4) is 0 Å². The highest BCUT2D eigenvalue weighted by Crippen LogP contribution is 2.19. The van der Waals surface area contributed by atoms with E-state index in [-0.39, 0.29) is 22.8 Å². The second kappa shape index (κ2) is 6.00. The Morgan fingerprint density at radius 1 is 1.24 bits per heavy atom. The number of halogens is 1. The largest absolute Gasteiger partial charge is 0.464 e. The lowest BCUT2D eigenvalue weighted by Crippen LogP contribution is -2.16. The molecule has 7 heteroatoms. The Labute approximate surface area is 119 Å². The zero-order valence-electron chi connectivity index (χ0n) is 11.1. The SMILES string of the molecule is COC(=O)c1cccc(C(=O)Nc2ccc(F)cc2N)n1. The highest BCUT2D eigenvalue weighted by atomic mass is 19.1. The normalized spacial score (nSPS) is 10.0. The number of anilines is 2. The van der Waals surface area contributed by atoms with Gasteiger partial charge in [-0.15, -0.1) is 0 Å². The summed E-state index contributed by atoms with van der Waals surface area (Å²) in [6, 6.07) is 7.96. The standard InChI is InChI=1S/C14H12FN3O3/c1-21-14(20)12-4-2-3-11(17-12)13(19)18-10-6-5-8(15)7-9(10)16/h2-7H,16H2,1H3,(H,18,19). The first-order valence-electron chi connectivity index (χ1n) is 5.93. The van der Waals surface area contributed by atoms with Crippen LogP contribution in [0.4, 0.5) is 15.8 Å². The molecule has 21 heavy (non-hydrogen) atoms. The van der Waals surface area contributed by atoms with E-state index in [1.807, 2.05) is 0 Å². The number of carbonyl (C=O) groups is 2. The number of carbonyl (C=O) groups excluding carboxylic acids is 2. The molecule has 0 aliphatic heterocycles. The third kappa shape index (κ3) is 3.33. The van der Waals surface area contributed by atoms with E-state index >= 15 is 0 Å². The van der Waals surface area contributed by atoms with Gasteiger partial charge in [0, 0.05) is 0 Å². The van der Waals surface area contributed by atoms with Crippen LogP contribution in [-0.2, 0) is 4.74 Å². The van der Waals surface area contributed by atoms with Crippen LogP contribution in [0.25, 0.3) is 0 Å². The van der Waals surface area contributed by atoms with E-state index in [0.717, 1.165) is 6.07 Å². The molecule has 0 aliphatic carbocycles. The van der Waals surface area contributed by atoms with Crippen molar-refractivity contribution in [2.45, 2.75) is 0 Å². The summed E-state index contributed by atoms with van der Waals surface area (Å²) in [5.74, 6) is -1.72. The molecule has 0 radical (unpaired) electrons. The second-order valence-electron chi connectivity index (χ2n) is 4.09. The van der Waals surface area contributed by atoms with Gasteiger partial charge in [-0.05, 0) is 30.3 Å². The van der Waals surface area contributed by atoms with Crippen molar-refractivity contribution in [3.63, 3.8) is 0 Å². The quantitative estimate of drug-likeness (QED) is 0.664. The fourth-order valence-corrected chi connectivity index (χ4v) is 1.61. The lowest BCUT2D eigenvalue weighted by molar-refractivity contribution is 0.0594. The van der Waals surface area contributed by atoms with Crippen molar-refractivity contribution in [2.24, 2.45) is 0 Å². The molecule has 3 N–H and O–H groups in total. The first-order valence-corrected chi connectivity index (χ1v) is 5.93. The Morgan fingerprint density at radius 3 is 2.62 bits per heavy atom. The number of aromatic nitrogens is 1. The second-order valence-corrected chi connectivity index (χ2v) is 4.09. The Bertz CT molecular complexity index is 704. The molecule has 6 nitrogen and oxygen atoms in total. The maximum Gasteiger partial charge on any atom is 0.356 e. The molecule has 2 aromatic rings. The zero-order chi connectivity index (χ0) is 15.4. The molecule has 0 unspecified atom stereocenters. The monoisotopic (exact) mass is 289 g/mol. The molecule has 0 spiro atoms. The van der Waals surface area contributed by atoms with Gasteiger partial charge >= 0.3 is 5.97 Å². The summed E-state index contributed by atoms with van der Waals surface area (Å²) in [6.07, 6.45) is 0. The number of esters is 1. The van der Waals surface area contributed by atoms with Crippen molar-refractivity contribution in [2.75, 3.05) is 18.2 Å². The third-order valence-electron chi connectivity index (χ3n) is 2.64. The lowest BCUT2D eigenvalue weighted by Gasteiger charge is -2.08. The van der Waals surface area contributed by atoms with E-state index in [1.54, 1.807) is 0 Å². The molecular formula is C14H12FN3O3. The third-order valence-corrected chi connectivity index (χ3v) is 2.64. The van der Waals surface area contributed by atoms with Crippen molar-refractivity contribution in [1.29, 1.82) is 0 Å². The van der Waals surface area contributed by atoms with E-state index in [0.29, 0.717) is 0 Å². The minimum Gasteiger partial charge on any atom is -0.464 e. The number of methoxy groups -OCH3 is 1. The highest BCUT2D eigenvalue weighted by molar-refractivity contribution is 6.05. The molecule has 0 bridgehead atoms. The Kier molecular flexibility index (Phi) is 4.13. The maximum atomic E-state index is 12.9. The molecular weight excluding hydrogens is 277 g/mol. The molecule has 108 valence electrons. The summed E-state index contributed by atoms with van der Waals surface area (Å²) in [5.41, 5.74) is 5.97. The zero-order valence-corrected chi connectivity index (χ0v) is 11.1. The summed E-state index contributed by atoms with van der Waals surface area (Å²) < 4.78 is 17.5. The van der Waals surface area contributed by atoms with Crippen LogP contribution in [0.2, 0.25) is 0 Å². The summed E-state index contributed by atoms with van der Waals surface area (Å²) in [5, 5.41) is 2.49. The van der Waals surface area contributed by atoms with E-state index in [1.165, 1.54) is 37.4 Å². The van der Waals surface area contributed by atoms with Crippen LogP contribution in [0.15, 0.2) is 36.4 Å². The average Bonchev–Trinajstić information content (AvgIpc) is 2.49. The van der Waals surface area contributed by atoms with Gasteiger partial charge in [0.05, 0.1) is 18.5 Å². The van der Waals surface area contributed by atoms with Gasteiger partial charge in [0.15, 0.2) is 0 Å². The number of rotatable bonds is 3. The molecule has 0 atom stereocenters. The Balaban J connectivity index is 2.22. The van der Waals surface area contributed by atoms with Crippen LogP contribution in [-0.4, -0.2) is 24.0 Å². The van der Waals surface area contributed by atoms with Crippen LogP contribution >= 0.6 is 0 Å². The fourth-order valence-electron chi connectivity index (χ4n) is 1.61. The van der Waals surface area contributed by atoms with Gasteiger partial charge < -0.3 is 15.8 Å². The summed E-state index contributed by atoms with van der Waals surface area (Å²) in [6.45, 7) is 0. The number of nitrogen functional groups attached to an aromatic ring is 1. The predicted octanol–water partition coefficient (Wildman–Crippen LogP) is 1.84. The molecule has 1 aromatic carbocycles. The number of amides is 1. The Hall–Kier alpha value is -2.96. The van der Waals surface area contributed by atoms with E-state index in [4.69, 9.17) is 5.73 Å². The van der Waals surface area contributed by atoms with Gasteiger partial charge in [0.1, 0.15) is 17.2 Å². The number of hydrogen-bond acceptors (Lipinski definition) is 5. The van der Waals surface area contributed by atoms with Crippen molar-refractivity contribution in [1.82, 2.24) is 4.98 Å². The van der Waals surface area contributed by atoms with Gasteiger partial charge in [0.2, 0.25) is 0 Å². The number of benzene rings is 1. The predicted molar refractivity (Wildman–Crippen MR) is 74.3 cm³/mol. The number of nitrogens with two attached hydrogens (primary N) is 1. The van der Waals surface area contributed by atoms with Crippen molar-refractivity contribution in [3.05, 3.63) is 53.6 Å². The number of nitrogens with one attached hydrogen (secondary N) is 1. The topological polar surface area (TPSA) is 94.3 Å². The molecule has 0 fully saturated rings. The van der Waals surface area contributed by atoms with E-state index in [2.05, 4.69) is 15.0 Å². The summed E-state index contributed by atoms with van der Waals surface area (Å²) in [4.78, 5) is 27.3. The fraction of sp³-hybridized carbons (Fsp3) is 0.0714. The molecule has 1 heterocycles. The average molecular weight is 289 g/mol. The Morgan fingerprint density at radius 2 is 1.95 bits per heavy atom. The first-order chi connectivity index (χ1) is 10.0. The number of nitrogens with zero attached hydrogens (tertiary/aromatic N) is 1. The molecule has 0 saturated heterocycles. The number of hydrogen-bond donors (Lipinski definition) is 2. The van der Waals surface area contributed by atoms with Crippen LogP contribution in [0.5, 0.6) is 0 Å². The van der Waals surface area contributed by atoms with Gasteiger partial charge in [-0.3, -0.25) is 4.79 Å². The van der Waals surface area contributed by atoms with Crippen LogP contribution in [0.1, 0.15) is 21.0 Å². The number of pyridine rings is 1. The van der Waals surface area contributed by atoms with Crippen molar-refractivity contribution >= 4 is 23.3 Å². The highest BCUT2D eigenvalue weighted by Gasteiger charge is 2.13. The molecule has 1 aromatic heterocycles. The van der Waals surface area contributed by atoms with Gasteiger partial charge in [0.25, 0.3) is 5.91 Å². The first kappa shape index (κ1) is 14.4. The molecule has 0 aliphatic rings. The summed E-state index contributed by atoms with van der Waals surface area (Å²) >= 11 is 0. The maximum absolute atomic E-state index is 12.9. The van der Waals surface area contributed by atoms with Crippen LogP contribution in [0, 0.1) is 5.82 Å². The summed E-state index contributed by atoms with van der Waals surface area (Å²) in [7, 11) is 1.22. The molecule has 2 rings (SSSR count). The van der Waals surface area contributed by atoms with Crippen molar-refractivity contribution < 1.29 is 18.7 Å². The van der Waals surface area contributed by atoms with Gasteiger partial charge in [-0.25, -0.2) is 14.2 Å². The van der Waals surface area contributed by atoms with Crippen LogP contribution in [0.3, 0.4) is 0 Å². The van der Waals surface area contributed by atoms with E-state index in [9.17, 15) is 14.0 Å². The molecule has 1 amide bonds. The van der Waals surface area contributed by atoms with Crippen LogP contribution < -0.4 is 11.1 Å². The minimum absolute atomic E-state index is 0.0113. The van der Waals surface area contributed by atoms with Gasteiger partial charge in [-0.2, -0.15) is 0 Å². The minimum atomic E-state index is -0.647. The molecule has 0 saturated carbocycles. The van der Waals surface area contributed by atoms with Gasteiger partial charge in [-0.1, -0.05) is 6.07 Å². The number of ether oxygens (including phenoxy) is 1.